The summed E-state index contributed by atoms with van der Waals surface area (Å²) in [5, 5.41) is 10.3. The highest BCUT2D eigenvalue weighted by Crippen LogP contribution is 2.29. The fourth-order valence-electron chi connectivity index (χ4n) is 2.81. The number of sulfonamides is 1. The zero-order valence-electron chi connectivity index (χ0n) is 16.8. The van der Waals surface area contributed by atoms with Crippen LogP contribution >= 0.6 is 11.3 Å². The molecule has 2 aromatic carbocycles. The molecule has 10 heteroatoms. The third kappa shape index (κ3) is 4.60. The van der Waals surface area contributed by atoms with Gasteiger partial charge in [-0.05, 0) is 56.7 Å². The Balaban J connectivity index is 1.79. The second-order valence-corrected chi connectivity index (χ2v) is 9.25. The van der Waals surface area contributed by atoms with Gasteiger partial charge in [-0.3, -0.25) is 14.4 Å². The molecule has 1 amide bonds. The second kappa shape index (κ2) is 9.23. The van der Waals surface area contributed by atoms with Crippen molar-refractivity contribution in [1.82, 2.24) is 10.2 Å². The molecule has 0 aliphatic rings. The van der Waals surface area contributed by atoms with Crippen LogP contribution in [0.2, 0.25) is 0 Å². The molecule has 0 spiro atoms. The maximum absolute atomic E-state index is 13.1. The number of rotatable bonds is 8. The molecule has 0 aliphatic heterocycles. The van der Waals surface area contributed by atoms with Crippen molar-refractivity contribution in [2.75, 3.05) is 22.8 Å². The van der Waals surface area contributed by atoms with Gasteiger partial charge in [-0.2, -0.15) is 8.42 Å². The summed E-state index contributed by atoms with van der Waals surface area (Å²) >= 11 is 0.810. The van der Waals surface area contributed by atoms with Gasteiger partial charge in [0.05, 0.1) is 12.3 Å². The normalized spacial score (nSPS) is 11.2. The van der Waals surface area contributed by atoms with Gasteiger partial charge in [0.25, 0.3) is 20.3 Å². The minimum absolute atomic E-state index is 0.105. The first-order valence-electron chi connectivity index (χ1n) is 9.33. The highest BCUT2D eigenvalue weighted by molar-refractivity contribution is 7.94. The molecule has 0 fully saturated rings. The smallest absolute Gasteiger partial charge is 0.293 e. The van der Waals surface area contributed by atoms with E-state index in [0.29, 0.717) is 23.6 Å². The van der Waals surface area contributed by atoms with Gasteiger partial charge in [0.15, 0.2) is 0 Å². The maximum atomic E-state index is 13.1. The summed E-state index contributed by atoms with van der Waals surface area (Å²) in [4.78, 5) is 12.4. The van der Waals surface area contributed by atoms with Crippen molar-refractivity contribution in [2.24, 2.45) is 0 Å². The van der Waals surface area contributed by atoms with Crippen molar-refractivity contribution >= 4 is 38.1 Å². The molecule has 8 nitrogen and oxygen atoms in total. The number of ether oxygens (including phenoxy) is 1. The first kappa shape index (κ1) is 21.7. The Bertz CT molecular complexity index is 1130. The number of carbonyl (C=O) groups is 1. The summed E-state index contributed by atoms with van der Waals surface area (Å²) in [6.45, 7) is 6.24. The molecule has 3 rings (SSSR count). The summed E-state index contributed by atoms with van der Waals surface area (Å²) in [5.74, 6) is 0.249. The number of para-hydroxylation sites is 1. The second-order valence-electron chi connectivity index (χ2n) is 6.24. The van der Waals surface area contributed by atoms with Crippen molar-refractivity contribution in [3.8, 4) is 5.75 Å². The number of anilines is 2. The molecule has 1 heterocycles. The predicted molar refractivity (Wildman–Crippen MR) is 117 cm³/mol. The van der Waals surface area contributed by atoms with E-state index in [1.54, 1.807) is 43.3 Å². The molecule has 0 atom stereocenters. The molecule has 1 N–H and O–H groups in total. The SMILES string of the molecule is CCOc1ccc(C(=O)Nc2nnc(S(=O)(=O)N(CC)c3ccccc3C)s2)cc1. The van der Waals surface area contributed by atoms with Crippen LogP contribution in [-0.2, 0) is 10.0 Å². The summed E-state index contributed by atoms with van der Waals surface area (Å²) < 4.78 is 32.6. The first-order chi connectivity index (χ1) is 14.4. The number of nitrogens with zero attached hydrogens (tertiary/aromatic N) is 3. The van der Waals surface area contributed by atoms with Crippen LogP contribution in [0.25, 0.3) is 0 Å². The van der Waals surface area contributed by atoms with Gasteiger partial charge in [0.1, 0.15) is 5.75 Å². The minimum Gasteiger partial charge on any atom is -0.494 e. The molecule has 0 unspecified atom stereocenters. The molecule has 3 aromatic rings. The topological polar surface area (TPSA) is 101 Å². The van der Waals surface area contributed by atoms with Crippen LogP contribution in [0.15, 0.2) is 52.9 Å². The Labute approximate surface area is 179 Å². The van der Waals surface area contributed by atoms with E-state index in [0.717, 1.165) is 16.9 Å². The molecule has 0 saturated heterocycles. The van der Waals surface area contributed by atoms with Crippen LogP contribution in [-0.4, -0.2) is 37.7 Å². The van der Waals surface area contributed by atoms with E-state index in [9.17, 15) is 13.2 Å². The van der Waals surface area contributed by atoms with Crippen molar-refractivity contribution in [2.45, 2.75) is 25.1 Å². The standard InChI is InChI=1S/C20H22N4O4S2/c1-4-24(17-9-7-6-8-14(17)3)30(26,27)20-23-22-19(29-20)21-18(25)15-10-12-16(13-11-15)28-5-2/h6-13H,4-5H2,1-3H3,(H,21,22,25). The van der Waals surface area contributed by atoms with Crippen LogP contribution in [0.5, 0.6) is 5.75 Å². The number of nitrogens with one attached hydrogen (secondary N) is 1. The summed E-state index contributed by atoms with van der Waals surface area (Å²) in [6.07, 6.45) is 0. The van der Waals surface area contributed by atoms with Crippen LogP contribution < -0.4 is 14.4 Å². The molecule has 0 saturated carbocycles. The van der Waals surface area contributed by atoms with Gasteiger partial charge in [-0.15, -0.1) is 10.2 Å². The van der Waals surface area contributed by atoms with Gasteiger partial charge in [-0.1, -0.05) is 29.5 Å². The van der Waals surface area contributed by atoms with Gasteiger partial charge in [-0.25, -0.2) is 0 Å². The van der Waals surface area contributed by atoms with Crippen molar-refractivity contribution < 1.29 is 17.9 Å². The monoisotopic (exact) mass is 446 g/mol. The van der Waals surface area contributed by atoms with E-state index in [2.05, 4.69) is 15.5 Å². The Hall–Kier alpha value is -2.98. The Morgan fingerprint density at radius 2 is 1.80 bits per heavy atom. The van der Waals surface area contributed by atoms with Gasteiger partial charge in [0, 0.05) is 12.1 Å². The lowest BCUT2D eigenvalue weighted by molar-refractivity contribution is 0.102. The fourth-order valence-corrected chi connectivity index (χ4v) is 5.35. The molecule has 1 aromatic heterocycles. The zero-order valence-corrected chi connectivity index (χ0v) is 18.5. The number of hydrogen-bond donors (Lipinski definition) is 1. The summed E-state index contributed by atoms with van der Waals surface area (Å²) in [5.41, 5.74) is 1.81. The third-order valence-corrected chi connectivity index (χ3v) is 7.31. The van der Waals surface area contributed by atoms with Crippen LogP contribution in [0.3, 0.4) is 0 Å². The lowest BCUT2D eigenvalue weighted by atomic mass is 10.2. The van der Waals surface area contributed by atoms with Crippen LogP contribution in [0.1, 0.15) is 29.8 Å². The van der Waals surface area contributed by atoms with E-state index in [4.69, 9.17) is 4.74 Å². The van der Waals surface area contributed by atoms with E-state index < -0.39 is 15.9 Å². The van der Waals surface area contributed by atoms with Crippen molar-refractivity contribution in [3.05, 3.63) is 59.7 Å². The first-order valence-corrected chi connectivity index (χ1v) is 11.6. The van der Waals surface area contributed by atoms with Gasteiger partial charge >= 0.3 is 0 Å². The van der Waals surface area contributed by atoms with Crippen LogP contribution in [0.4, 0.5) is 10.8 Å². The number of hydrogen-bond acceptors (Lipinski definition) is 7. The fraction of sp³-hybridized carbons (Fsp3) is 0.250. The lowest BCUT2D eigenvalue weighted by Crippen LogP contribution is -2.31. The molecule has 0 bridgehead atoms. The van der Waals surface area contributed by atoms with E-state index >= 15 is 0 Å². The van der Waals surface area contributed by atoms with E-state index in [-0.39, 0.29) is 16.0 Å². The summed E-state index contributed by atoms with van der Waals surface area (Å²) in [6, 6.07) is 13.8. The maximum Gasteiger partial charge on any atom is 0.293 e. The zero-order chi connectivity index (χ0) is 21.7. The van der Waals surface area contributed by atoms with Gasteiger partial charge in [0.2, 0.25) is 5.13 Å². The highest BCUT2D eigenvalue weighted by Gasteiger charge is 2.29. The quantitative estimate of drug-likeness (QED) is 0.529. The highest BCUT2D eigenvalue weighted by atomic mass is 32.2. The average molecular weight is 447 g/mol. The molecule has 0 aliphatic carbocycles. The molecular formula is C20H22N4O4S2. The van der Waals surface area contributed by atoms with Crippen molar-refractivity contribution in [3.63, 3.8) is 0 Å². The number of aromatic nitrogens is 2. The average Bonchev–Trinajstić information content (AvgIpc) is 3.20. The number of benzene rings is 2. The molecular weight excluding hydrogens is 424 g/mol. The van der Waals surface area contributed by atoms with E-state index in [1.807, 2.05) is 26.0 Å². The Kier molecular flexibility index (Phi) is 6.68. The van der Waals surface area contributed by atoms with Crippen LogP contribution in [0, 0.1) is 6.92 Å². The van der Waals surface area contributed by atoms with Gasteiger partial charge < -0.3 is 4.74 Å². The Morgan fingerprint density at radius 3 is 2.43 bits per heavy atom. The number of carbonyl (C=O) groups excluding carboxylic acids is 1. The van der Waals surface area contributed by atoms with E-state index in [1.165, 1.54) is 4.31 Å². The molecule has 158 valence electrons. The Morgan fingerprint density at radius 1 is 1.10 bits per heavy atom. The molecule has 30 heavy (non-hydrogen) atoms. The third-order valence-electron chi connectivity index (χ3n) is 4.24. The minimum atomic E-state index is -3.91. The largest absolute Gasteiger partial charge is 0.494 e. The lowest BCUT2D eigenvalue weighted by Gasteiger charge is -2.22. The number of amides is 1. The van der Waals surface area contributed by atoms with Crippen molar-refractivity contribution in [1.29, 1.82) is 0 Å². The molecule has 0 radical (unpaired) electrons. The summed E-state index contributed by atoms with van der Waals surface area (Å²) in [7, 11) is -3.91. The number of aryl methyl sites for hydroxylation is 1. The predicted octanol–water partition coefficient (Wildman–Crippen LogP) is 3.71.